The molecule has 3 aromatic rings. The number of ether oxygens (including phenoxy) is 1. The Labute approximate surface area is 231 Å². The van der Waals surface area contributed by atoms with Gasteiger partial charge in [0, 0.05) is 24.0 Å². The van der Waals surface area contributed by atoms with Crippen LogP contribution in [-0.4, -0.2) is 35.4 Å². The van der Waals surface area contributed by atoms with Gasteiger partial charge in [0.05, 0.1) is 0 Å². The van der Waals surface area contributed by atoms with Gasteiger partial charge in [0.15, 0.2) is 6.61 Å². The summed E-state index contributed by atoms with van der Waals surface area (Å²) in [4.78, 5) is 29.3. The molecule has 0 unspecified atom stereocenters. The fourth-order valence-electron chi connectivity index (χ4n) is 5.11. The molecule has 0 radical (unpaired) electrons. The Morgan fingerprint density at radius 3 is 2.24 bits per heavy atom. The summed E-state index contributed by atoms with van der Waals surface area (Å²) in [6, 6.07) is 21.0. The Morgan fingerprint density at radius 1 is 0.947 bits per heavy atom. The highest BCUT2D eigenvalue weighted by Crippen LogP contribution is 2.26. The van der Waals surface area contributed by atoms with Gasteiger partial charge in [-0.15, -0.1) is 0 Å². The van der Waals surface area contributed by atoms with Crippen LogP contribution in [-0.2, 0) is 22.6 Å². The molecule has 1 fully saturated rings. The van der Waals surface area contributed by atoms with E-state index >= 15 is 0 Å². The van der Waals surface area contributed by atoms with E-state index in [1.165, 1.54) is 0 Å². The topological polar surface area (TPSA) is 58.6 Å². The van der Waals surface area contributed by atoms with E-state index in [2.05, 4.69) is 5.32 Å². The summed E-state index contributed by atoms with van der Waals surface area (Å²) in [5, 5.41) is 3.93. The second-order valence-corrected chi connectivity index (χ2v) is 10.7. The van der Waals surface area contributed by atoms with Crippen LogP contribution in [0.1, 0.15) is 53.5 Å². The van der Waals surface area contributed by atoms with Crippen molar-refractivity contribution in [2.24, 2.45) is 0 Å². The van der Waals surface area contributed by atoms with Gasteiger partial charge in [-0.3, -0.25) is 9.59 Å². The lowest BCUT2D eigenvalue weighted by atomic mass is 10.0. The van der Waals surface area contributed by atoms with Crippen LogP contribution in [0.2, 0.25) is 5.02 Å². The number of nitrogens with one attached hydrogen (secondary N) is 1. The fourth-order valence-corrected chi connectivity index (χ4v) is 5.22. The molecule has 0 saturated heterocycles. The minimum atomic E-state index is -0.664. The highest BCUT2D eigenvalue weighted by molar-refractivity contribution is 6.32. The summed E-state index contributed by atoms with van der Waals surface area (Å²) >= 11 is 6.32. The first kappa shape index (κ1) is 27.7. The Kier molecular flexibility index (Phi) is 9.46. The number of rotatable bonds is 10. The molecule has 0 heterocycles. The fraction of sp³-hybridized carbons (Fsp3) is 0.375. The molecule has 1 saturated carbocycles. The quantitative estimate of drug-likeness (QED) is 0.331. The molecule has 0 aromatic heterocycles. The van der Waals surface area contributed by atoms with Gasteiger partial charge in [-0.2, -0.15) is 0 Å². The lowest BCUT2D eigenvalue weighted by Crippen LogP contribution is -2.53. The largest absolute Gasteiger partial charge is 0.484 e. The summed E-state index contributed by atoms with van der Waals surface area (Å²) in [6.45, 7) is 6.01. The van der Waals surface area contributed by atoms with Gasteiger partial charge in [0.1, 0.15) is 11.8 Å². The van der Waals surface area contributed by atoms with Crippen LogP contribution in [0.5, 0.6) is 5.75 Å². The molecule has 1 aliphatic carbocycles. The second kappa shape index (κ2) is 13.0. The lowest BCUT2D eigenvalue weighted by Gasteiger charge is -2.32. The summed E-state index contributed by atoms with van der Waals surface area (Å²) in [6.07, 6.45) is 4.62. The third kappa shape index (κ3) is 7.16. The molecule has 0 bridgehead atoms. The minimum absolute atomic E-state index is 0.110. The molecule has 4 rings (SSSR count). The summed E-state index contributed by atoms with van der Waals surface area (Å²) in [5.74, 6) is 0.241. The van der Waals surface area contributed by atoms with Crippen molar-refractivity contribution < 1.29 is 14.3 Å². The van der Waals surface area contributed by atoms with E-state index in [1.54, 1.807) is 4.90 Å². The van der Waals surface area contributed by atoms with Crippen LogP contribution in [0.15, 0.2) is 66.7 Å². The maximum absolute atomic E-state index is 13.8. The van der Waals surface area contributed by atoms with Crippen molar-refractivity contribution in [3.8, 4) is 5.75 Å². The van der Waals surface area contributed by atoms with E-state index in [9.17, 15) is 9.59 Å². The molecule has 6 heteroatoms. The van der Waals surface area contributed by atoms with Crippen LogP contribution in [0.3, 0.4) is 0 Å². The average Bonchev–Trinajstić information content (AvgIpc) is 3.42. The summed E-state index contributed by atoms with van der Waals surface area (Å²) in [7, 11) is 0. The first-order valence-electron chi connectivity index (χ1n) is 13.4. The van der Waals surface area contributed by atoms with E-state index in [0.29, 0.717) is 23.7 Å². The smallest absolute Gasteiger partial charge is 0.261 e. The Balaban J connectivity index is 1.63. The SMILES string of the molecule is Cc1ccccc1CN(C(=O)COc1cc(C)c(Cl)c(C)c1)[C@@H](Cc1ccccc1)C(=O)NC1CCCC1. The van der Waals surface area contributed by atoms with E-state index in [-0.39, 0.29) is 24.5 Å². The van der Waals surface area contributed by atoms with E-state index in [1.807, 2.05) is 87.5 Å². The van der Waals surface area contributed by atoms with Crippen molar-refractivity contribution in [1.82, 2.24) is 10.2 Å². The number of carbonyl (C=O) groups excluding carboxylic acids is 2. The van der Waals surface area contributed by atoms with E-state index < -0.39 is 6.04 Å². The number of aryl methyl sites for hydroxylation is 3. The van der Waals surface area contributed by atoms with Crippen LogP contribution in [0, 0.1) is 20.8 Å². The van der Waals surface area contributed by atoms with Gasteiger partial charge in [0.2, 0.25) is 5.91 Å². The molecule has 1 aliphatic rings. The summed E-state index contributed by atoms with van der Waals surface area (Å²) in [5.41, 5.74) is 4.87. The van der Waals surface area contributed by atoms with Crippen molar-refractivity contribution in [2.45, 2.75) is 71.5 Å². The van der Waals surface area contributed by atoms with Crippen molar-refractivity contribution in [3.63, 3.8) is 0 Å². The number of halogens is 1. The van der Waals surface area contributed by atoms with Gasteiger partial charge in [-0.1, -0.05) is 79.0 Å². The van der Waals surface area contributed by atoms with Crippen molar-refractivity contribution >= 4 is 23.4 Å². The van der Waals surface area contributed by atoms with Crippen molar-refractivity contribution in [2.75, 3.05) is 6.61 Å². The molecule has 200 valence electrons. The normalized spacial score (nSPS) is 14.2. The summed E-state index contributed by atoms with van der Waals surface area (Å²) < 4.78 is 5.97. The van der Waals surface area contributed by atoms with E-state index in [0.717, 1.165) is 53.5 Å². The first-order valence-corrected chi connectivity index (χ1v) is 13.8. The first-order chi connectivity index (χ1) is 18.3. The van der Waals surface area contributed by atoms with Gasteiger partial charge in [-0.05, 0) is 73.6 Å². The highest BCUT2D eigenvalue weighted by atomic mass is 35.5. The monoisotopic (exact) mass is 532 g/mol. The number of carbonyl (C=O) groups is 2. The number of amides is 2. The predicted octanol–water partition coefficient (Wildman–Crippen LogP) is 6.34. The number of hydrogen-bond donors (Lipinski definition) is 1. The molecule has 5 nitrogen and oxygen atoms in total. The zero-order valence-electron chi connectivity index (χ0n) is 22.5. The third-order valence-electron chi connectivity index (χ3n) is 7.35. The maximum Gasteiger partial charge on any atom is 0.261 e. The zero-order chi connectivity index (χ0) is 27.1. The number of hydrogen-bond acceptors (Lipinski definition) is 3. The number of nitrogens with zero attached hydrogens (tertiary/aromatic N) is 1. The predicted molar refractivity (Wildman–Crippen MR) is 152 cm³/mol. The standard InChI is InChI=1S/C32H37ClN2O3/c1-22-11-7-8-14-26(22)20-35(30(36)21-38-28-17-23(2)31(33)24(3)18-28)29(19-25-12-5-4-6-13-25)32(37)34-27-15-9-10-16-27/h4-8,11-14,17-18,27,29H,9-10,15-16,19-21H2,1-3H3,(H,34,37)/t29-/m0/s1. The van der Waals surface area contributed by atoms with Crippen molar-refractivity contribution in [3.05, 3.63) is 99.6 Å². The minimum Gasteiger partial charge on any atom is -0.484 e. The van der Waals surface area contributed by atoms with Gasteiger partial charge >= 0.3 is 0 Å². The molecule has 1 atom stereocenters. The van der Waals surface area contributed by atoms with Gasteiger partial charge in [-0.25, -0.2) is 0 Å². The van der Waals surface area contributed by atoms with Gasteiger partial charge in [0.25, 0.3) is 5.91 Å². The average molecular weight is 533 g/mol. The van der Waals surface area contributed by atoms with E-state index in [4.69, 9.17) is 16.3 Å². The van der Waals surface area contributed by atoms with Crippen molar-refractivity contribution in [1.29, 1.82) is 0 Å². The third-order valence-corrected chi connectivity index (χ3v) is 7.94. The molecular formula is C32H37ClN2O3. The molecule has 0 spiro atoms. The highest BCUT2D eigenvalue weighted by Gasteiger charge is 2.32. The lowest BCUT2D eigenvalue weighted by molar-refractivity contribution is -0.143. The Bertz CT molecular complexity index is 1230. The van der Waals surface area contributed by atoms with Gasteiger partial charge < -0.3 is 15.0 Å². The van der Waals surface area contributed by atoms with Crippen LogP contribution < -0.4 is 10.1 Å². The molecule has 3 aromatic carbocycles. The molecular weight excluding hydrogens is 496 g/mol. The van der Waals surface area contributed by atoms with Crippen LogP contribution >= 0.6 is 11.6 Å². The molecule has 2 amide bonds. The molecule has 38 heavy (non-hydrogen) atoms. The maximum atomic E-state index is 13.8. The van der Waals surface area contributed by atoms with Crippen LogP contribution in [0.25, 0.3) is 0 Å². The Hall–Kier alpha value is -3.31. The molecule has 1 N–H and O–H groups in total. The second-order valence-electron chi connectivity index (χ2n) is 10.3. The number of benzene rings is 3. The molecule has 0 aliphatic heterocycles. The van der Waals surface area contributed by atoms with Crippen LogP contribution in [0.4, 0.5) is 0 Å². The zero-order valence-corrected chi connectivity index (χ0v) is 23.3. The Morgan fingerprint density at radius 2 is 1.58 bits per heavy atom.